The average molecular weight is 236 g/mol. The van der Waals surface area contributed by atoms with Gasteiger partial charge in [-0.1, -0.05) is 25.5 Å². The van der Waals surface area contributed by atoms with E-state index < -0.39 is 5.60 Å². The van der Waals surface area contributed by atoms with Crippen molar-refractivity contribution in [3.05, 3.63) is 11.6 Å². The van der Waals surface area contributed by atoms with Gasteiger partial charge in [0.2, 0.25) is 0 Å². The molecule has 0 aromatic carbocycles. The highest BCUT2D eigenvalue weighted by Crippen LogP contribution is 2.47. The maximum absolute atomic E-state index is 12.1. The van der Waals surface area contributed by atoms with Crippen LogP contribution < -0.4 is 0 Å². The van der Waals surface area contributed by atoms with E-state index in [0.29, 0.717) is 18.9 Å². The first-order valence-electron chi connectivity index (χ1n) is 6.65. The predicted octanol–water partition coefficient (Wildman–Crippen LogP) is 2.25. The zero-order valence-electron chi connectivity index (χ0n) is 10.6. The number of ether oxygens (including phenoxy) is 2. The highest BCUT2D eigenvalue weighted by Gasteiger charge is 2.67. The first-order chi connectivity index (χ1) is 8.13. The molecule has 1 spiro atoms. The summed E-state index contributed by atoms with van der Waals surface area (Å²) >= 11 is 0. The third kappa shape index (κ3) is 1.95. The van der Waals surface area contributed by atoms with Crippen molar-refractivity contribution in [1.29, 1.82) is 0 Å². The summed E-state index contributed by atoms with van der Waals surface area (Å²) in [6.07, 6.45) is 6.15. The second-order valence-electron chi connectivity index (χ2n) is 5.71. The molecule has 0 N–H and O–H groups in total. The second-order valence-corrected chi connectivity index (χ2v) is 5.71. The zero-order chi connectivity index (χ0) is 12.0. The van der Waals surface area contributed by atoms with Crippen LogP contribution in [0.25, 0.3) is 0 Å². The van der Waals surface area contributed by atoms with E-state index in [9.17, 15) is 4.79 Å². The van der Waals surface area contributed by atoms with Crippen LogP contribution in [0.3, 0.4) is 0 Å². The molecule has 94 valence electrons. The van der Waals surface area contributed by atoms with Crippen molar-refractivity contribution < 1.29 is 14.3 Å². The van der Waals surface area contributed by atoms with Crippen molar-refractivity contribution in [2.24, 2.45) is 5.92 Å². The molecule has 0 aromatic rings. The summed E-state index contributed by atoms with van der Waals surface area (Å²) in [6, 6.07) is 0. The standard InChI is InChI=1S/C14H20O3/c1-9(2)10-4-3-5-12(15)14(8-16-14)13-11(17-13)7-6-10/h4,9,11,13H,3,5-8H2,1-2H3/b10-4+/t11-,13-,14+/m1/s1. The monoisotopic (exact) mass is 236 g/mol. The van der Waals surface area contributed by atoms with Crippen molar-refractivity contribution in [2.75, 3.05) is 6.61 Å². The molecule has 2 saturated heterocycles. The number of epoxide rings is 2. The molecule has 3 nitrogen and oxygen atoms in total. The summed E-state index contributed by atoms with van der Waals surface area (Å²) in [5, 5.41) is 0. The van der Waals surface area contributed by atoms with Crippen molar-refractivity contribution in [3.8, 4) is 0 Å². The predicted molar refractivity (Wildman–Crippen MR) is 63.7 cm³/mol. The van der Waals surface area contributed by atoms with Gasteiger partial charge in [0.15, 0.2) is 11.4 Å². The van der Waals surface area contributed by atoms with Gasteiger partial charge in [-0.25, -0.2) is 0 Å². The van der Waals surface area contributed by atoms with E-state index in [1.165, 1.54) is 5.57 Å². The lowest BCUT2D eigenvalue weighted by atomic mass is 9.89. The maximum Gasteiger partial charge on any atom is 0.178 e. The molecule has 0 unspecified atom stereocenters. The molecular weight excluding hydrogens is 216 g/mol. The second kappa shape index (κ2) is 3.92. The number of hydrogen-bond donors (Lipinski definition) is 0. The summed E-state index contributed by atoms with van der Waals surface area (Å²) in [5.74, 6) is 0.819. The Morgan fingerprint density at radius 3 is 2.82 bits per heavy atom. The average Bonchev–Trinajstić information content (AvgIpc) is 3.12. The topological polar surface area (TPSA) is 42.1 Å². The molecular formula is C14H20O3. The van der Waals surface area contributed by atoms with Crippen molar-refractivity contribution >= 4 is 5.78 Å². The first-order valence-corrected chi connectivity index (χ1v) is 6.65. The Labute approximate surface area is 102 Å². The van der Waals surface area contributed by atoms with Gasteiger partial charge in [0, 0.05) is 6.42 Å². The van der Waals surface area contributed by atoms with Gasteiger partial charge in [0.1, 0.15) is 6.10 Å². The fourth-order valence-electron chi connectivity index (χ4n) is 2.87. The molecule has 1 aliphatic carbocycles. The van der Waals surface area contributed by atoms with Gasteiger partial charge in [-0.3, -0.25) is 4.79 Å². The van der Waals surface area contributed by atoms with Crippen LogP contribution >= 0.6 is 0 Å². The molecule has 0 aromatic heterocycles. The van der Waals surface area contributed by atoms with Gasteiger partial charge in [-0.15, -0.1) is 0 Å². The van der Waals surface area contributed by atoms with Gasteiger partial charge in [0.25, 0.3) is 0 Å². The number of allylic oxidation sites excluding steroid dienone is 2. The quantitative estimate of drug-likeness (QED) is 0.518. The molecule has 2 heterocycles. The number of carbonyl (C=O) groups excluding carboxylic acids is 1. The van der Waals surface area contributed by atoms with Gasteiger partial charge < -0.3 is 9.47 Å². The molecule has 0 bridgehead atoms. The molecule has 0 radical (unpaired) electrons. The largest absolute Gasteiger partial charge is 0.366 e. The first kappa shape index (κ1) is 11.4. The Balaban J connectivity index is 1.75. The van der Waals surface area contributed by atoms with Crippen LogP contribution in [0, 0.1) is 5.92 Å². The molecule has 2 fully saturated rings. The molecule has 3 heteroatoms. The molecule has 2 aliphatic heterocycles. The van der Waals surface area contributed by atoms with Crippen LogP contribution in [0.5, 0.6) is 0 Å². The molecule has 3 aliphatic rings. The smallest absolute Gasteiger partial charge is 0.178 e. The number of ketones is 1. The third-order valence-electron chi connectivity index (χ3n) is 4.21. The molecule has 3 atom stereocenters. The SMILES string of the molecule is CC(C)/C1=C/CCC(=O)[C@@]2(CO2)[C@@H]2O[C@@H]2CC1. The normalized spacial score (nSPS) is 44.2. The Morgan fingerprint density at radius 2 is 2.18 bits per heavy atom. The lowest BCUT2D eigenvalue weighted by Crippen LogP contribution is -2.32. The van der Waals surface area contributed by atoms with Gasteiger partial charge in [-0.2, -0.15) is 0 Å². The fourth-order valence-corrected chi connectivity index (χ4v) is 2.87. The number of Topliss-reactive ketones (excluding diaryl/α,β-unsaturated/α-hetero) is 1. The minimum absolute atomic E-state index is 0.0570. The van der Waals surface area contributed by atoms with Crippen molar-refractivity contribution in [2.45, 2.75) is 57.3 Å². The van der Waals surface area contributed by atoms with Crippen LogP contribution in [0.15, 0.2) is 11.6 Å². The molecule has 17 heavy (non-hydrogen) atoms. The summed E-state index contributed by atoms with van der Waals surface area (Å²) in [5.41, 5.74) is 0.938. The lowest BCUT2D eigenvalue weighted by molar-refractivity contribution is -0.124. The number of rotatable bonds is 1. The van der Waals surface area contributed by atoms with Crippen LogP contribution in [0.1, 0.15) is 39.5 Å². The number of carbonyl (C=O) groups is 1. The zero-order valence-corrected chi connectivity index (χ0v) is 10.6. The van der Waals surface area contributed by atoms with Crippen LogP contribution in [-0.2, 0) is 14.3 Å². The van der Waals surface area contributed by atoms with E-state index in [0.717, 1.165) is 19.3 Å². The summed E-state index contributed by atoms with van der Waals surface area (Å²) in [6.45, 7) is 5.01. The molecule has 0 amide bonds. The molecule has 0 saturated carbocycles. The van der Waals surface area contributed by atoms with E-state index in [2.05, 4.69) is 19.9 Å². The maximum atomic E-state index is 12.1. The van der Waals surface area contributed by atoms with E-state index in [1.54, 1.807) is 0 Å². The van der Waals surface area contributed by atoms with E-state index in [1.807, 2.05) is 0 Å². The minimum atomic E-state index is -0.534. The van der Waals surface area contributed by atoms with E-state index >= 15 is 0 Å². The minimum Gasteiger partial charge on any atom is -0.366 e. The Kier molecular flexibility index (Phi) is 2.64. The van der Waals surface area contributed by atoms with Crippen molar-refractivity contribution in [1.82, 2.24) is 0 Å². The van der Waals surface area contributed by atoms with Gasteiger partial charge in [-0.05, 0) is 25.2 Å². The number of fused-ring (bicyclic) bond motifs is 2. The summed E-state index contributed by atoms with van der Waals surface area (Å²) in [4.78, 5) is 12.1. The Hall–Kier alpha value is -0.670. The van der Waals surface area contributed by atoms with Gasteiger partial charge >= 0.3 is 0 Å². The summed E-state index contributed by atoms with van der Waals surface area (Å²) < 4.78 is 11.1. The molecule has 3 rings (SSSR count). The van der Waals surface area contributed by atoms with Crippen molar-refractivity contribution in [3.63, 3.8) is 0 Å². The van der Waals surface area contributed by atoms with Crippen LogP contribution in [-0.4, -0.2) is 30.2 Å². The third-order valence-corrected chi connectivity index (χ3v) is 4.21. The lowest BCUT2D eigenvalue weighted by Gasteiger charge is -2.13. The Bertz CT molecular complexity index is 366. The Morgan fingerprint density at radius 1 is 1.41 bits per heavy atom. The summed E-state index contributed by atoms with van der Waals surface area (Å²) in [7, 11) is 0. The van der Waals surface area contributed by atoms with Gasteiger partial charge in [0.05, 0.1) is 12.7 Å². The number of hydrogen-bond acceptors (Lipinski definition) is 3. The van der Waals surface area contributed by atoms with Crippen LogP contribution in [0.4, 0.5) is 0 Å². The highest BCUT2D eigenvalue weighted by molar-refractivity contribution is 5.91. The van der Waals surface area contributed by atoms with E-state index in [4.69, 9.17) is 9.47 Å². The highest BCUT2D eigenvalue weighted by atomic mass is 16.7. The fraction of sp³-hybridized carbons (Fsp3) is 0.786. The van der Waals surface area contributed by atoms with E-state index in [-0.39, 0.29) is 18.0 Å². The van der Waals surface area contributed by atoms with Crippen LogP contribution in [0.2, 0.25) is 0 Å².